The molecule has 0 radical (unpaired) electrons. The average molecular weight is 759 g/mol. The van der Waals surface area contributed by atoms with Crippen LogP contribution in [-0.4, -0.2) is 89.0 Å². The van der Waals surface area contributed by atoms with E-state index in [1.807, 2.05) is 0 Å². The molecule has 1 saturated heterocycles. The number of unbranched alkanes of at least 4 members (excludes halogenated alkanes) is 26. The number of aliphatic hydroxyl groups is 4. The standard InChI is InChI=1S/C43H82O10/c1-3-5-7-9-11-13-14-15-16-17-18-19-20-21-22-24-25-27-29-31-38(45)50-34-36(35-51-43-42(49)41(48)40(47)37(33-44)53-43)52-39(46)32-30-28-26-23-12-10-8-6-4-2/h36-37,40-44,47-49H,3-35H2,1-2H3/t36?,37-,40+,41+,42-,43-/m1/s1. The molecule has 1 rings (SSSR count). The second-order valence-electron chi connectivity index (χ2n) is 15.5. The molecule has 0 aromatic carbocycles. The van der Waals surface area contributed by atoms with Gasteiger partial charge < -0.3 is 39.4 Å². The molecule has 6 atom stereocenters. The smallest absolute Gasteiger partial charge is 0.306 e. The molecule has 0 amide bonds. The van der Waals surface area contributed by atoms with Gasteiger partial charge in [0.15, 0.2) is 12.4 Å². The Labute approximate surface area is 323 Å². The number of hydrogen-bond acceptors (Lipinski definition) is 10. The van der Waals surface area contributed by atoms with Crippen molar-refractivity contribution in [2.45, 2.75) is 243 Å². The third-order valence-electron chi connectivity index (χ3n) is 10.5. The van der Waals surface area contributed by atoms with Gasteiger partial charge in [0.25, 0.3) is 0 Å². The lowest BCUT2D eigenvalue weighted by atomic mass is 9.99. The van der Waals surface area contributed by atoms with Crippen LogP contribution >= 0.6 is 0 Å². The van der Waals surface area contributed by atoms with Crippen molar-refractivity contribution in [2.24, 2.45) is 0 Å². The summed E-state index contributed by atoms with van der Waals surface area (Å²) < 4.78 is 22.1. The van der Waals surface area contributed by atoms with Crippen molar-refractivity contribution < 1.29 is 49.0 Å². The molecule has 1 unspecified atom stereocenters. The summed E-state index contributed by atoms with van der Waals surface area (Å²) in [6, 6.07) is 0. The van der Waals surface area contributed by atoms with Crippen LogP contribution in [0.25, 0.3) is 0 Å². The maximum atomic E-state index is 12.7. The van der Waals surface area contributed by atoms with Gasteiger partial charge in [-0.1, -0.05) is 181 Å². The molecule has 0 aromatic rings. The maximum Gasteiger partial charge on any atom is 0.306 e. The molecule has 53 heavy (non-hydrogen) atoms. The van der Waals surface area contributed by atoms with Gasteiger partial charge in [0.1, 0.15) is 31.0 Å². The van der Waals surface area contributed by atoms with E-state index in [1.165, 1.54) is 135 Å². The third kappa shape index (κ3) is 27.0. The van der Waals surface area contributed by atoms with Gasteiger partial charge in [0, 0.05) is 12.8 Å². The Kier molecular flexibility index (Phi) is 33.0. The van der Waals surface area contributed by atoms with Crippen LogP contribution in [-0.2, 0) is 28.5 Å². The molecule has 1 fully saturated rings. The molecule has 314 valence electrons. The van der Waals surface area contributed by atoms with Crippen molar-refractivity contribution in [1.82, 2.24) is 0 Å². The highest BCUT2D eigenvalue weighted by atomic mass is 16.7. The predicted octanol–water partition coefficient (Wildman–Crippen LogP) is 9.00. The van der Waals surface area contributed by atoms with E-state index in [2.05, 4.69) is 13.8 Å². The summed E-state index contributed by atoms with van der Waals surface area (Å²) >= 11 is 0. The van der Waals surface area contributed by atoms with E-state index in [-0.39, 0.29) is 32.0 Å². The van der Waals surface area contributed by atoms with Gasteiger partial charge in [-0.05, 0) is 12.8 Å². The zero-order valence-corrected chi connectivity index (χ0v) is 34.0. The minimum atomic E-state index is -1.59. The zero-order valence-electron chi connectivity index (χ0n) is 34.0. The van der Waals surface area contributed by atoms with Gasteiger partial charge >= 0.3 is 11.9 Å². The van der Waals surface area contributed by atoms with Crippen molar-refractivity contribution in [3.8, 4) is 0 Å². The molecule has 0 saturated carbocycles. The first-order chi connectivity index (χ1) is 25.8. The van der Waals surface area contributed by atoms with Crippen molar-refractivity contribution in [3.63, 3.8) is 0 Å². The molecular formula is C43H82O10. The van der Waals surface area contributed by atoms with Crippen LogP contribution in [0.2, 0.25) is 0 Å². The van der Waals surface area contributed by atoms with E-state index in [1.54, 1.807) is 0 Å². The number of rotatable bonds is 37. The molecule has 1 aliphatic rings. The van der Waals surface area contributed by atoms with Crippen LogP contribution in [0, 0.1) is 0 Å². The Morgan fingerprint density at radius 2 is 0.887 bits per heavy atom. The number of carbonyl (C=O) groups is 2. The summed E-state index contributed by atoms with van der Waals surface area (Å²) in [6.07, 6.45) is 27.0. The Morgan fingerprint density at radius 3 is 1.28 bits per heavy atom. The number of carbonyl (C=O) groups excluding carboxylic acids is 2. The van der Waals surface area contributed by atoms with Crippen molar-refractivity contribution in [3.05, 3.63) is 0 Å². The fourth-order valence-electron chi connectivity index (χ4n) is 6.95. The number of esters is 2. The van der Waals surface area contributed by atoms with E-state index in [0.29, 0.717) is 6.42 Å². The van der Waals surface area contributed by atoms with E-state index >= 15 is 0 Å². The third-order valence-corrected chi connectivity index (χ3v) is 10.5. The van der Waals surface area contributed by atoms with Crippen LogP contribution in [0.5, 0.6) is 0 Å². The van der Waals surface area contributed by atoms with Crippen LogP contribution in [0.15, 0.2) is 0 Å². The fraction of sp³-hybridized carbons (Fsp3) is 0.953. The Bertz CT molecular complexity index is 840. The first-order valence-electron chi connectivity index (χ1n) is 22.1. The highest BCUT2D eigenvalue weighted by Crippen LogP contribution is 2.23. The average Bonchev–Trinajstić information content (AvgIpc) is 3.15. The fourth-order valence-corrected chi connectivity index (χ4v) is 6.95. The lowest BCUT2D eigenvalue weighted by Gasteiger charge is -2.39. The monoisotopic (exact) mass is 759 g/mol. The number of ether oxygens (including phenoxy) is 4. The molecule has 10 heteroatoms. The van der Waals surface area contributed by atoms with Gasteiger partial charge in [-0.2, -0.15) is 0 Å². The van der Waals surface area contributed by atoms with Crippen LogP contribution in [0.3, 0.4) is 0 Å². The molecule has 1 heterocycles. The van der Waals surface area contributed by atoms with Crippen molar-refractivity contribution in [1.29, 1.82) is 0 Å². The quantitative estimate of drug-likeness (QED) is 0.0357. The van der Waals surface area contributed by atoms with Gasteiger partial charge in [-0.25, -0.2) is 0 Å². The SMILES string of the molecule is CCCCCCCCCCCCCCCCCCCCCC(=O)OCC(CO[C@@H]1O[C@H](CO)[C@H](O)[C@H](O)[C@H]1O)OC(=O)CCCCCCCCCCC. The van der Waals surface area contributed by atoms with Gasteiger partial charge in [0.2, 0.25) is 0 Å². The summed E-state index contributed by atoms with van der Waals surface area (Å²) in [4.78, 5) is 25.2. The number of hydrogen-bond donors (Lipinski definition) is 4. The second kappa shape index (κ2) is 35.1. The lowest BCUT2D eigenvalue weighted by Crippen LogP contribution is -2.59. The summed E-state index contributed by atoms with van der Waals surface area (Å²) in [5.41, 5.74) is 0. The van der Waals surface area contributed by atoms with Gasteiger partial charge in [0.05, 0.1) is 13.2 Å². The summed E-state index contributed by atoms with van der Waals surface area (Å²) in [5.74, 6) is -0.796. The number of aliphatic hydroxyl groups excluding tert-OH is 4. The lowest BCUT2D eigenvalue weighted by molar-refractivity contribution is -0.305. The van der Waals surface area contributed by atoms with E-state index < -0.39 is 49.4 Å². The Hall–Kier alpha value is -1.30. The molecule has 0 bridgehead atoms. The molecule has 0 aromatic heterocycles. The van der Waals surface area contributed by atoms with E-state index in [4.69, 9.17) is 18.9 Å². The molecule has 10 nitrogen and oxygen atoms in total. The highest BCUT2D eigenvalue weighted by Gasteiger charge is 2.44. The Balaban J connectivity index is 2.25. The van der Waals surface area contributed by atoms with E-state index in [0.717, 1.165) is 38.5 Å². The highest BCUT2D eigenvalue weighted by molar-refractivity contribution is 5.70. The Morgan fingerprint density at radius 1 is 0.509 bits per heavy atom. The van der Waals surface area contributed by atoms with Crippen molar-refractivity contribution >= 4 is 11.9 Å². The maximum absolute atomic E-state index is 12.7. The van der Waals surface area contributed by atoms with Gasteiger partial charge in [-0.15, -0.1) is 0 Å². The molecule has 0 aliphatic carbocycles. The summed E-state index contributed by atoms with van der Waals surface area (Å²) in [5, 5.41) is 39.9. The van der Waals surface area contributed by atoms with Gasteiger partial charge in [-0.3, -0.25) is 9.59 Å². The van der Waals surface area contributed by atoms with Crippen LogP contribution < -0.4 is 0 Å². The molecule has 4 N–H and O–H groups in total. The normalized spacial score (nSPS) is 20.8. The van der Waals surface area contributed by atoms with Crippen LogP contribution in [0.1, 0.15) is 206 Å². The van der Waals surface area contributed by atoms with Crippen LogP contribution in [0.4, 0.5) is 0 Å². The molecule has 1 aliphatic heterocycles. The largest absolute Gasteiger partial charge is 0.462 e. The zero-order chi connectivity index (χ0) is 38.8. The minimum Gasteiger partial charge on any atom is -0.462 e. The predicted molar refractivity (Wildman–Crippen MR) is 210 cm³/mol. The second-order valence-corrected chi connectivity index (χ2v) is 15.5. The first kappa shape index (κ1) is 49.7. The summed E-state index contributed by atoms with van der Waals surface area (Å²) in [7, 11) is 0. The van der Waals surface area contributed by atoms with Crippen molar-refractivity contribution in [2.75, 3.05) is 19.8 Å². The molecular weight excluding hydrogens is 676 g/mol. The minimum absolute atomic E-state index is 0.209. The molecule has 0 spiro atoms. The van der Waals surface area contributed by atoms with E-state index in [9.17, 15) is 30.0 Å². The first-order valence-corrected chi connectivity index (χ1v) is 22.1. The summed E-state index contributed by atoms with van der Waals surface area (Å²) in [6.45, 7) is 3.42. The topological polar surface area (TPSA) is 152 Å².